The van der Waals surface area contributed by atoms with Crippen LogP contribution in [0.5, 0.6) is 0 Å². The van der Waals surface area contributed by atoms with E-state index in [9.17, 15) is 0 Å². The molecule has 0 aliphatic rings. The molecule has 0 bridgehead atoms. The van der Waals surface area contributed by atoms with Crippen LogP contribution < -0.4 is 5.32 Å². The van der Waals surface area contributed by atoms with E-state index in [2.05, 4.69) is 26.3 Å². The van der Waals surface area contributed by atoms with Crippen LogP contribution in [0.2, 0.25) is 0 Å². The van der Waals surface area contributed by atoms with Gasteiger partial charge in [0.05, 0.1) is 29.4 Å². The third-order valence-corrected chi connectivity index (χ3v) is 2.47. The van der Waals surface area contributed by atoms with Crippen LogP contribution in [0.3, 0.4) is 0 Å². The first-order chi connectivity index (χ1) is 6.09. The van der Waals surface area contributed by atoms with Gasteiger partial charge in [-0.3, -0.25) is 4.68 Å². The third kappa shape index (κ3) is 2.79. The van der Waals surface area contributed by atoms with E-state index < -0.39 is 0 Å². The maximum Gasteiger partial charge on any atom is 0.0632 e. The summed E-state index contributed by atoms with van der Waals surface area (Å²) in [4.78, 5) is 0. The van der Waals surface area contributed by atoms with Crippen molar-refractivity contribution >= 4 is 15.9 Å². The van der Waals surface area contributed by atoms with Crippen molar-refractivity contribution in [1.29, 1.82) is 0 Å². The highest BCUT2D eigenvalue weighted by Crippen LogP contribution is 2.10. The van der Waals surface area contributed by atoms with Crippen molar-refractivity contribution in [3.05, 3.63) is 16.9 Å². The van der Waals surface area contributed by atoms with E-state index in [0.29, 0.717) is 6.54 Å². The van der Waals surface area contributed by atoms with E-state index in [1.165, 1.54) is 0 Å². The molecule has 1 atom stereocenters. The molecule has 0 fully saturated rings. The molecule has 1 aromatic heterocycles. The predicted octanol–water partition coefficient (Wildman–Crippen LogP) is 0.616. The van der Waals surface area contributed by atoms with Crippen molar-refractivity contribution in [2.75, 3.05) is 13.7 Å². The Morgan fingerprint density at radius 2 is 2.46 bits per heavy atom. The molecule has 0 spiro atoms. The normalized spacial score (nSPS) is 15.7. The Bertz CT molecular complexity index is 270. The molecule has 74 valence electrons. The van der Waals surface area contributed by atoms with Gasteiger partial charge in [-0.2, -0.15) is 5.10 Å². The van der Waals surface area contributed by atoms with Crippen LogP contribution in [0.25, 0.3) is 0 Å². The molecule has 0 aromatic carbocycles. The summed E-state index contributed by atoms with van der Waals surface area (Å²) in [7, 11) is 1.83. The lowest BCUT2D eigenvalue weighted by molar-refractivity contribution is 0.161. The standard InChI is InChI=1S/C8H14BrN3O/c1-8(6-13,10-2)5-12-4-7(9)3-11-12/h3-4,10,13H,5-6H2,1-2H3. The summed E-state index contributed by atoms with van der Waals surface area (Å²) in [5.74, 6) is 0. The Morgan fingerprint density at radius 1 is 1.77 bits per heavy atom. The maximum absolute atomic E-state index is 9.14. The third-order valence-electron chi connectivity index (χ3n) is 2.07. The Morgan fingerprint density at radius 3 is 2.85 bits per heavy atom. The summed E-state index contributed by atoms with van der Waals surface area (Å²) in [6, 6.07) is 0. The van der Waals surface area contributed by atoms with E-state index in [-0.39, 0.29) is 12.1 Å². The number of likely N-dealkylation sites (N-methyl/N-ethyl adjacent to an activating group) is 1. The van der Waals surface area contributed by atoms with Gasteiger partial charge in [0, 0.05) is 6.20 Å². The smallest absolute Gasteiger partial charge is 0.0632 e. The number of hydrogen-bond donors (Lipinski definition) is 2. The first-order valence-corrected chi connectivity index (χ1v) is 4.87. The molecule has 0 radical (unpaired) electrons. The Balaban J connectivity index is 2.67. The van der Waals surface area contributed by atoms with Gasteiger partial charge in [-0.15, -0.1) is 0 Å². The molecule has 0 aliphatic carbocycles. The molecular formula is C8H14BrN3O. The minimum Gasteiger partial charge on any atom is -0.394 e. The van der Waals surface area contributed by atoms with Crippen LogP contribution in [0.1, 0.15) is 6.92 Å². The number of nitrogens with one attached hydrogen (secondary N) is 1. The molecule has 5 heteroatoms. The zero-order chi connectivity index (χ0) is 9.90. The van der Waals surface area contributed by atoms with Gasteiger partial charge < -0.3 is 10.4 Å². The number of aliphatic hydroxyl groups is 1. The van der Waals surface area contributed by atoms with Crippen molar-refractivity contribution in [2.24, 2.45) is 0 Å². The molecule has 2 N–H and O–H groups in total. The molecule has 1 heterocycles. The predicted molar refractivity (Wildman–Crippen MR) is 54.5 cm³/mol. The number of hydrogen-bond acceptors (Lipinski definition) is 3. The highest BCUT2D eigenvalue weighted by atomic mass is 79.9. The average molecular weight is 248 g/mol. The van der Waals surface area contributed by atoms with E-state index in [1.54, 1.807) is 10.9 Å². The van der Waals surface area contributed by atoms with Crippen molar-refractivity contribution in [1.82, 2.24) is 15.1 Å². The first kappa shape index (κ1) is 10.7. The van der Waals surface area contributed by atoms with Gasteiger partial charge >= 0.3 is 0 Å². The topological polar surface area (TPSA) is 50.1 Å². The SMILES string of the molecule is CNC(C)(CO)Cn1cc(Br)cn1. The van der Waals surface area contributed by atoms with Crippen LogP contribution in [0.15, 0.2) is 16.9 Å². The van der Waals surface area contributed by atoms with Crippen molar-refractivity contribution < 1.29 is 5.11 Å². The summed E-state index contributed by atoms with van der Waals surface area (Å²) in [6.45, 7) is 2.68. The van der Waals surface area contributed by atoms with Crippen LogP contribution >= 0.6 is 15.9 Å². The molecule has 1 unspecified atom stereocenters. The fraction of sp³-hybridized carbons (Fsp3) is 0.625. The second-order valence-corrected chi connectivity index (χ2v) is 4.24. The quantitative estimate of drug-likeness (QED) is 0.821. The highest BCUT2D eigenvalue weighted by Gasteiger charge is 2.21. The van der Waals surface area contributed by atoms with E-state index >= 15 is 0 Å². The maximum atomic E-state index is 9.14. The zero-order valence-corrected chi connectivity index (χ0v) is 9.37. The second kappa shape index (κ2) is 4.21. The monoisotopic (exact) mass is 247 g/mol. The Kier molecular flexibility index (Phi) is 3.47. The molecular weight excluding hydrogens is 234 g/mol. The number of aliphatic hydroxyl groups excluding tert-OH is 1. The van der Waals surface area contributed by atoms with E-state index in [0.717, 1.165) is 4.47 Å². The highest BCUT2D eigenvalue weighted by molar-refractivity contribution is 9.10. The minimum absolute atomic E-state index is 0.0843. The van der Waals surface area contributed by atoms with Crippen LogP contribution in [-0.2, 0) is 6.54 Å². The molecule has 1 rings (SSSR count). The lowest BCUT2D eigenvalue weighted by Crippen LogP contribution is -2.47. The van der Waals surface area contributed by atoms with E-state index in [1.807, 2.05) is 20.2 Å². The van der Waals surface area contributed by atoms with Crippen LogP contribution in [-0.4, -0.2) is 34.1 Å². The summed E-state index contributed by atoms with van der Waals surface area (Å²) in [5.41, 5.74) is -0.314. The number of halogens is 1. The van der Waals surface area contributed by atoms with Gasteiger partial charge in [0.25, 0.3) is 0 Å². The van der Waals surface area contributed by atoms with Gasteiger partial charge in [0.15, 0.2) is 0 Å². The van der Waals surface area contributed by atoms with Crippen molar-refractivity contribution in [3.63, 3.8) is 0 Å². The first-order valence-electron chi connectivity index (χ1n) is 4.07. The summed E-state index contributed by atoms with van der Waals surface area (Å²) < 4.78 is 2.74. The van der Waals surface area contributed by atoms with Crippen molar-refractivity contribution in [3.8, 4) is 0 Å². The Hall–Kier alpha value is -0.390. The molecule has 4 nitrogen and oxygen atoms in total. The van der Waals surface area contributed by atoms with Gasteiger partial charge in [0.2, 0.25) is 0 Å². The Labute approximate surface area is 86.1 Å². The average Bonchev–Trinajstić information content (AvgIpc) is 2.51. The summed E-state index contributed by atoms with van der Waals surface area (Å²) in [6.07, 6.45) is 3.61. The lowest BCUT2D eigenvalue weighted by Gasteiger charge is -2.26. The molecule has 1 aromatic rings. The second-order valence-electron chi connectivity index (χ2n) is 3.32. The molecule has 0 amide bonds. The van der Waals surface area contributed by atoms with Crippen molar-refractivity contribution in [2.45, 2.75) is 19.0 Å². The molecule has 0 saturated carbocycles. The molecule has 13 heavy (non-hydrogen) atoms. The fourth-order valence-electron chi connectivity index (χ4n) is 0.990. The number of rotatable bonds is 4. The van der Waals surface area contributed by atoms with Gasteiger partial charge in [-0.1, -0.05) is 0 Å². The van der Waals surface area contributed by atoms with Crippen LogP contribution in [0.4, 0.5) is 0 Å². The van der Waals surface area contributed by atoms with Gasteiger partial charge in [0.1, 0.15) is 0 Å². The number of aromatic nitrogens is 2. The minimum atomic E-state index is -0.314. The lowest BCUT2D eigenvalue weighted by atomic mass is 10.1. The van der Waals surface area contributed by atoms with Gasteiger partial charge in [-0.25, -0.2) is 0 Å². The largest absolute Gasteiger partial charge is 0.394 e. The molecule has 0 aliphatic heterocycles. The van der Waals surface area contributed by atoms with Crippen LogP contribution in [0, 0.1) is 0 Å². The van der Waals surface area contributed by atoms with Gasteiger partial charge in [-0.05, 0) is 29.9 Å². The zero-order valence-electron chi connectivity index (χ0n) is 7.79. The summed E-state index contributed by atoms with van der Waals surface area (Å²) >= 11 is 3.32. The van der Waals surface area contributed by atoms with E-state index in [4.69, 9.17) is 5.11 Å². The number of nitrogens with zero attached hydrogens (tertiary/aromatic N) is 2. The molecule has 0 saturated heterocycles. The fourth-order valence-corrected chi connectivity index (χ4v) is 1.32. The summed E-state index contributed by atoms with van der Waals surface area (Å²) in [5, 5.41) is 16.3.